The number of ketones is 1. The Balaban J connectivity index is 2.44. The first kappa shape index (κ1) is 14.1. The summed E-state index contributed by atoms with van der Waals surface area (Å²) < 4.78 is 5.90. The number of carbonyl (C=O) groups is 1. The average molecular weight is 340 g/mol. The number of carbonyl (C=O) groups excluding carboxylic acids is 1. The van der Waals surface area contributed by atoms with E-state index in [0.717, 1.165) is 11.3 Å². The van der Waals surface area contributed by atoms with Gasteiger partial charge in [-0.1, -0.05) is 17.7 Å². The van der Waals surface area contributed by atoms with Crippen molar-refractivity contribution in [2.75, 3.05) is 7.11 Å². The molecular weight excluding hydrogens is 328 g/mol. The molecule has 2 rings (SSSR count). The summed E-state index contributed by atoms with van der Waals surface area (Å²) in [7, 11) is 1.61. The van der Waals surface area contributed by atoms with Crippen LogP contribution in [0.4, 0.5) is 0 Å². The second-order valence-electron chi connectivity index (χ2n) is 4.11. The lowest BCUT2D eigenvalue weighted by Crippen LogP contribution is -2.03. The van der Waals surface area contributed by atoms with Crippen molar-refractivity contribution in [3.05, 3.63) is 62.6 Å². The third-order valence-corrected chi connectivity index (χ3v) is 4.15. The molecule has 0 radical (unpaired) electrons. The van der Waals surface area contributed by atoms with Gasteiger partial charge in [0.25, 0.3) is 0 Å². The summed E-state index contributed by atoms with van der Waals surface area (Å²) >= 11 is 9.46. The molecule has 0 aliphatic carbocycles. The van der Waals surface area contributed by atoms with Crippen LogP contribution >= 0.6 is 27.5 Å². The Morgan fingerprint density at radius 2 is 2.00 bits per heavy atom. The van der Waals surface area contributed by atoms with E-state index in [0.29, 0.717) is 20.6 Å². The molecule has 4 heteroatoms. The van der Waals surface area contributed by atoms with Crippen LogP contribution in [0.3, 0.4) is 0 Å². The number of halogens is 2. The van der Waals surface area contributed by atoms with Gasteiger partial charge in [0, 0.05) is 15.6 Å². The molecule has 98 valence electrons. The molecule has 0 heterocycles. The van der Waals surface area contributed by atoms with Gasteiger partial charge in [-0.3, -0.25) is 4.79 Å². The van der Waals surface area contributed by atoms with Crippen LogP contribution in [0.25, 0.3) is 0 Å². The van der Waals surface area contributed by atoms with Crippen LogP contribution in [0.2, 0.25) is 5.02 Å². The Hall–Kier alpha value is -1.32. The highest BCUT2D eigenvalue weighted by Gasteiger charge is 2.15. The normalized spacial score (nSPS) is 10.3. The number of ether oxygens (including phenoxy) is 1. The second-order valence-corrected chi connectivity index (χ2v) is 5.35. The van der Waals surface area contributed by atoms with Gasteiger partial charge in [0.15, 0.2) is 5.78 Å². The fourth-order valence-corrected chi connectivity index (χ4v) is 2.43. The summed E-state index contributed by atoms with van der Waals surface area (Å²) in [5.74, 6) is 0.661. The minimum Gasteiger partial charge on any atom is -0.496 e. The predicted molar refractivity (Wildman–Crippen MR) is 80.3 cm³/mol. The zero-order valence-corrected chi connectivity index (χ0v) is 12.9. The number of hydrogen-bond acceptors (Lipinski definition) is 2. The van der Waals surface area contributed by atoms with Crippen LogP contribution in [0, 0.1) is 6.92 Å². The maximum absolute atomic E-state index is 12.4. The maximum Gasteiger partial charge on any atom is 0.194 e. The molecule has 0 fully saturated rings. The van der Waals surface area contributed by atoms with Crippen LogP contribution in [0.1, 0.15) is 21.5 Å². The lowest BCUT2D eigenvalue weighted by atomic mass is 10.0. The molecular formula is C15H12BrClO2. The smallest absolute Gasteiger partial charge is 0.194 e. The van der Waals surface area contributed by atoms with E-state index in [1.165, 1.54) is 0 Å². The summed E-state index contributed by atoms with van der Waals surface area (Å²) in [4.78, 5) is 12.4. The zero-order valence-electron chi connectivity index (χ0n) is 10.5. The van der Waals surface area contributed by atoms with Crippen molar-refractivity contribution in [2.24, 2.45) is 0 Å². The van der Waals surface area contributed by atoms with Gasteiger partial charge in [0.1, 0.15) is 5.75 Å². The monoisotopic (exact) mass is 338 g/mol. The van der Waals surface area contributed by atoms with E-state index in [-0.39, 0.29) is 5.78 Å². The zero-order chi connectivity index (χ0) is 14.0. The first-order valence-corrected chi connectivity index (χ1v) is 6.85. The number of aryl methyl sites for hydroxylation is 1. The minimum atomic E-state index is -0.1000. The fraction of sp³-hybridized carbons (Fsp3) is 0.133. The van der Waals surface area contributed by atoms with Gasteiger partial charge in [0.05, 0.1) is 12.1 Å². The maximum atomic E-state index is 12.4. The number of hydrogen-bond donors (Lipinski definition) is 0. The highest BCUT2D eigenvalue weighted by atomic mass is 79.9. The quantitative estimate of drug-likeness (QED) is 0.761. The van der Waals surface area contributed by atoms with Crippen molar-refractivity contribution in [2.45, 2.75) is 6.92 Å². The van der Waals surface area contributed by atoms with Crippen LogP contribution in [0.5, 0.6) is 5.75 Å². The lowest BCUT2D eigenvalue weighted by Gasteiger charge is -2.08. The van der Waals surface area contributed by atoms with E-state index in [1.54, 1.807) is 43.5 Å². The van der Waals surface area contributed by atoms with Gasteiger partial charge in [-0.25, -0.2) is 0 Å². The van der Waals surface area contributed by atoms with Crippen molar-refractivity contribution in [1.29, 1.82) is 0 Å². The van der Waals surface area contributed by atoms with Crippen LogP contribution in [-0.4, -0.2) is 12.9 Å². The van der Waals surface area contributed by atoms with Gasteiger partial charge in [-0.05, 0) is 58.7 Å². The molecule has 0 bridgehead atoms. The summed E-state index contributed by atoms with van der Waals surface area (Å²) in [6.07, 6.45) is 0. The van der Waals surface area contributed by atoms with Gasteiger partial charge in [-0.2, -0.15) is 0 Å². The van der Waals surface area contributed by atoms with Crippen LogP contribution < -0.4 is 4.74 Å². The van der Waals surface area contributed by atoms with Crippen molar-refractivity contribution < 1.29 is 9.53 Å². The second kappa shape index (κ2) is 5.76. The molecule has 19 heavy (non-hydrogen) atoms. The third kappa shape index (κ3) is 2.82. The van der Waals surface area contributed by atoms with Crippen LogP contribution in [-0.2, 0) is 0 Å². The number of rotatable bonds is 3. The molecule has 0 aliphatic rings. The molecule has 0 unspecified atom stereocenters. The molecule has 2 nitrogen and oxygen atoms in total. The Morgan fingerprint density at radius 1 is 1.26 bits per heavy atom. The Labute approximate surface area is 125 Å². The molecule has 0 saturated heterocycles. The van der Waals surface area contributed by atoms with E-state index in [1.807, 2.05) is 6.92 Å². The molecule has 2 aromatic carbocycles. The Bertz CT molecular complexity index is 638. The molecule has 2 aromatic rings. The van der Waals surface area contributed by atoms with Gasteiger partial charge >= 0.3 is 0 Å². The highest BCUT2D eigenvalue weighted by Crippen LogP contribution is 2.28. The summed E-state index contributed by atoms with van der Waals surface area (Å²) in [5.41, 5.74) is 2.00. The van der Waals surface area contributed by atoms with Crippen LogP contribution in [0.15, 0.2) is 40.9 Å². The van der Waals surface area contributed by atoms with Crippen molar-refractivity contribution >= 4 is 33.3 Å². The Morgan fingerprint density at radius 3 is 2.63 bits per heavy atom. The van der Waals surface area contributed by atoms with E-state index >= 15 is 0 Å². The molecule has 0 N–H and O–H groups in total. The van der Waals surface area contributed by atoms with E-state index in [2.05, 4.69) is 15.9 Å². The van der Waals surface area contributed by atoms with Gasteiger partial charge in [0.2, 0.25) is 0 Å². The summed E-state index contributed by atoms with van der Waals surface area (Å²) in [6.45, 7) is 1.90. The van der Waals surface area contributed by atoms with E-state index in [4.69, 9.17) is 16.3 Å². The topological polar surface area (TPSA) is 26.3 Å². The minimum absolute atomic E-state index is 0.1000. The molecule has 0 aromatic heterocycles. The van der Waals surface area contributed by atoms with Crippen molar-refractivity contribution in [3.8, 4) is 5.75 Å². The fourth-order valence-electron chi connectivity index (χ4n) is 1.85. The summed E-state index contributed by atoms with van der Waals surface area (Å²) in [5, 5.41) is 0.431. The third-order valence-electron chi connectivity index (χ3n) is 2.85. The van der Waals surface area contributed by atoms with Gasteiger partial charge in [-0.15, -0.1) is 0 Å². The SMILES string of the molecule is COc1ccc(C(=O)c2cccc(Br)c2Cl)cc1C. The van der Waals surface area contributed by atoms with Crippen molar-refractivity contribution in [1.82, 2.24) is 0 Å². The largest absolute Gasteiger partial charge is 0.496 e. The van der Waals surface area contributed by atoms with E-state index in [9.17, 15) is 4.79 Å². The highest BCUT2D eigenvalue weighted by molar-refractivity contribution is 9.10. The number of benzene rings is 2. The molecule has 0 aliphatic heterocycles. The first-order chi connectivity index (χ1) is 9.04. The van der Waals surface area contributed by atoms with E-state index < -0.39 is 0 Å². The molecule has 0 amide bonds. The summed E-state index contributed by atoms with van der Waals surface area (Å²) in [6, 6.07) is 10.6. The molecule has 0 saturated carbocycles. The first-order valence-electron chi connectivity index (χ1n) is 5.68. The van der Waals surface area contributed by atoms with Gasteiger partial charge < -0.3 is 4.74 Å². The predicted octanol–water partition coefficient (Wildman–Crippen LogP) is 4.65. The Kier molecular flexibility index (Phi) is 4.27. The standard InChI is InChI=1S/C15H12BrClO2/c1-9-8-10(6-7-13(9)19-2)15(18)11-4-3-5-12(16)14(11)17/h3-8H,1-2H3. The van der Waals surface area contributed by atoms with Crippen molar-refractivity contribution in [3.63, 3.8) is 0 Å². The molecule has 0 spiro atoms. The number of methoxy groups -OCH3 is 1. The molecule has 0 atom stereocenters. The average Bonchev–Trinajstić information content (AvgIpc) is 2.41. The lowest BCUT2D eigenvalue weighted by molar-refractivity contribution is 0.103.